The van der Waals surface area contributed by atoms with Crippen LogP contribution in [0.25, 0.3) is 0 Å². The Balaban J connectivity index is 3.18. The van der Waals surface area contributed by atoms with Crippen LogP contribution in [0, 0.1) is 23.7 Å². The number of hydrogen-bond acceptors (Lipinski definition) is 5. The van der Waals surface area contributed by atoms with Gasteiger partial charge in [0.2, 0.25) is 0 Å². The highest BCUT2D eigenvalue weighted by atomic mass is 16.5. The van der Waals surface area contributed by atoms with E-state index in [2.05, 4.69) is 0 Å². The Morgan fingerprint density at radius 2 is 1.71 bits per heavy atom. The average Bonchev–Trinajstić information content (AvgIpc) is 2.65. The van der Waals surface area contributed by atoms with Crippen LogP contribution in [-0.2, 0) is 14.3 Å². The summed E-state index contributed by atoms with van der Waals surface area (Å²) in [5.41, 5.74) is 0.940. The van der Waals surface area contributed by atoms with Gasteiger partial charge in [-0.05, 0) is 31.8 Å². The first-order chi connectivity index (χ1) is 13.1. The molecule has 7 atom stereocenters. The predicted octanol–water partition coefficient (Wildman–Crippen LogP) is 3.83. The molecule has 0 saturated carbocycles. The smallest absolute Gasteiger partial charge is 0.308 e. The van der Waals surface area contributed by atoms with Crippen molar-refractivity contribution in [3.05, 3.63) is 23.8 Å². The van der Waals surface area contributed by atoms with E-state index in [4.69, 9.17) is 4.74 Å². The van der Waals surface area contributed by atoms with Crippen molar-refractivity contribution < 1.29 is 24.5 Å². The Morgan fingerprint density at radius 1 is 1.07 bits per heavy atom. The molecular formula is C23H38O5. The van der Waals surface area contributed by atoms with Gasteiger partial charge in [-0.3, -0.25) is 9.59 Å². The van der Waals surface area contributed by atoms with Crippen molar-refractivity contribution in [1.82, 2.24) is 0 Å². The normalized spacial score (nSPS) is 39.7. The molecule has 160 valence electrons. The highest BCUT2D eigenvalue weighted by Gasteiger charge is 2.32. The van der Waals surface area contributed by atoms with E-state index in [0.717, 1.165) is 5.57 Å². The standard InChI is InChI=1S/C23H38O5/c1-7-18-12-15(4)19(24)10-9-14(3)11-16(5)21(8-2)28-22(26)13-20(25)17(6)23(18)27/h9-11,15-18,20-21,23,25,27H,7-8,12-13H2,1-6H3/b10-9-,14-11-/t15-,16+,17+,18+,20-,21-,23-/m1/s1. The average molecular weight is 395 g/mol. The Kier molecular flexibility index (Phi) is 10.1. The third kappa shape index (κ3) is 7.17. The van der Waals surface area contributed by atoms with Crippen LogP contribution in [0.15, 0.2) is 23.8 Å². The molecule has 0 aromatic rings. The Morgan fingerprint density at radius 3 is 2.29 bits per heavy atom. The lowest BCUT2D eigenvalue weighted by Gasteiger charge is -2.31. The fraction of sp³-hybridized carbons (Fsp3) is 0.739. The molecule has 5 heteroatoms. The molecule has 0 fully saturated rings. The number of allylic oxidation sites excluding steroid dienone is 3. The van der Waals surface area contributed by atoms with Crippen LogP contribution in [-0.4, -0.2) is 40.3 Å². The first-order valence-electron chi connectivity index (χ1n) is 10.6. The SMILES string of the molecule is CC[C@H]1C[C@@H](C)C(=O)/C=C\C(C)=C/[C@H](C)[C@@H](CC)OC(=O)C[C@@H](O)[C@H](C)[C@H]1O. The van der Waals surface area contributed by atoms with Crippen LogP contribution in [0.5, 0.6) is 0 Å². The number of esters is 1. The lowest BCUT2D eigenvalue weighted by molar-refractivity contribution is -0.154. The van der Waals surface area contributed by atoms with Gasteiger partial charge in [0.05, 0.1) is 18.6 Å². The fourth-order valence-electron chi connectivity index (χ4n) is 3.87. The van der Waals surface area contributed by atoms with E-state index >= 15 is 0 Å². The summed E-state index contributed by atoms with van der Waals surface area (Å²) in [5, 5.41) is 21.2. The molecule has 5 nitrogen and oxygen atoms in total. The maximum atomic E-state index is 12.5. The Labute approximate surface area is 169 Å². The van der Waals surface area contributed by atoms with Crippen LogP contribution in [0.3, 0.4) is 0 Å². The quantitative estimate of drug-likeness (QED) is 0.696. The van der Waals surface area contributed by atoms with Crippen molar-refractivity contribution in [2.45, 2.75) is 85.5 Å². The third-order valence-electron chi connectivity index (χ3n) is 5.98. The number of rotatable bonds is 2. The van der Waals surface area contributed by atoms with Gasteiger partial charge in [-0.25, -0.2) is 0 Å². The summed E-state index contributed by atoms with van der Waals surface area (Å²) in [6, 6.07) is 0. The van der Waals surface area contributed by atoms with E-state index in [9.17, 15) is 19.8 Å². The van der Waals surface area contributed by atoms with Gasteiger partial charge < -0.3 is 14.9 Å². The number of aliphatic hydroxyl groups is 2. The molecule has 0 radical (unpaired) electrons. The number of hydrogen-bond donors (Lipinski definition) is 2. The number of ketones is 1. The molecule has 0 aliphatic carbocycles. The van der Waals surface area contributed by atoms with Gasteiger partial charge in [0, 0.05) is 17.8 Å². The number of carbonyl (C=O) groups excluding carboxylic acids is 2. The zero-order valence-electron chi connectivity index (χ0n) is 18.2. The van der Waals surface area contributed by atoms with Crippen molar-refractivity contribution >= 4 is 11.8 Å². The van der Waals surface area contributed by atoms with Gasteiger partial charge in [-0.15, -0.1) is 0 Å². The number of aliphatic hydroxyl groups excluding tert-OH is 2. The third-order valence-corrected chi connectivity index (χ3v) is 5.98. The van der Waals surface area contributed by atoms with E-state index in [1.165, 1.54) is 0 Å². The topological polar surface area (TPSA) is 83.8 Å². The summed E-state index contributed by atoms with van der Waals surface area (Å²) in [5.74, 6) is -1.25. The van der Waals surface area contributed by atoms with Gasteiger partial charge >= 0.3 is 5.97 Å². The van der Waals surface area contributed by atoms with Gasteiger partial charge in [-0.2, -0.15) is 0 Å². The highest BCUT2D eigenvalue weighted by Crippen LogP contribution is 2.28. The van der Waals surface area contributed by atoms with Crippen LogP contribution in [0.2, 0.25) is 0 Å². The molecule has 0 aromatic heterocycles. The molecule has 28 heavy (non-hydrogen) atoms. The summed E-state index contributed by atoms with van der Waals surface area (Å²) >= 11 is 0. The summed E-state index contributed by atoms with van der Waals surface area (Å²) in [6.07, 6.45) is 5.07. The molecule has 0 spiro atoms. The second kappa shape index (κ2) is 11.5. The molecule has 0 saturated heterocycles. The minimum Gasteiger partial charge on any atom is -0.462 e. The van der Waals surface area contributed by atoms with Gasteiger partial charge in [0.1, 0.15) is 6.10 Å². The fourth-order valence-corrected chi connectivity index (χ4v) is 3.87. The zero-order chi connectivity index (χ0) is 21.4. The monoisotopic (exact) mass is 394 g/mol. The molecule has 1 rings (SSSR count). The molecule has 0 aromatic carbocycles. The lowest BCUT2D eigenvalue weighted by atomic mass is 9.80. The molecule has 2 N–H and O–H groups in total. The largest absolute Gasteiger partial charge is 0.462 e. The van der Waals surface area contributed by atoms with Crippen LogP contribution in [0.4, 0.5) is 0 Å². The molecule has 1 heterocycles. The second-order valence-electron chi connectivity index (χ2n) is 8.37. The highest BCUT2D eigenvalue weighted by molar-refractivity contribution is 5.91. The van der Waals surface area contributed by atoms with Crippen LogP contribution in [0.1, 0.15) is 67.2 Å². The molecule has 1 aliphatic heterocycles. The van der Waals surface area contributed by atoms with Crippen molar-refractivity contribution in [3.8, 4) is 0 Å². The van der Waals surface area contributed by atoms with Crippen molar-refractivity contribution in [2.24, 2.45) is 23.7 Å². The number of carbonyl (C=O) groups is 2. The van der Waals surface area contributed by atoms with Crippen molar-refractivity contribution in [3.63, 3.8) is 0 Å². The summed E-state index contributed by atoms with van der Waals surface area (Å²) < 4.78 is 5.59. The molecule has 0 unspecified atom stereocenters. The molecular weight excluding hydrogens is 356 g/mol. The van der Waals surface area contributed by atoms with Crippen molar-refractivity contribution in [2.75, 3.05) is 0 Å². The van der Waals surface area contributed by atoms with Gasteiger partial charge in [0.25, 0.3) is 0 Å². The summed E-state index contributed by atoms with van der Waals surface area (Å²) in [6.45, 7) is 11.4. The second-order valence-corrected chi connectivity index (χ2v) is 8.37. The first kappa shape index (κ1) is 24.6. The Bertz CT molecular complexity index is 580. The maximum absolute atomic E-state index is 12.5. The minimum absolute atomic E-state index is 0.0105. The van der Waals surface area contributed by atoms with E-state index in [1.54, 1.807) is 19.1 Å². The molecule has 1 aliphatic rings. The maximum Gasteiger partial charge on any atom is 0.308 e. The summed E-state index contributed by atoms with van der Waals surface area (Å²) in [7, 11) is 0. The summed E-state index contributed by atoms with van der Waals surface area (Å²) in [4.78, 5) is 24.8. The zero-order valence-corrected chi connectivity index (χ0v) is 18.2. The van der Waals surface area contributed by atoms with Crippen LogP contribution < -0.4 is 0 Å². The van der Waals surface area contributed by atoms with Crippen LogP contribution >= 0.6 is 0 Å². The number of ether oxygens (including phenoxy) is 1. The van der Waals surface area contributed by atoms with Gasteiger partial charge in [0.15, 0.2) is 5.78 Å². The first-order valence-corrected chi connectivity index (χ1v) is 10.6. The Hall–Kier alpha value is -1.46. The molecule has 0 bridgehead atoms. The lowest BCUT2D eigenvalue weighted by Crippen LogP contribution is -2.38. The van der Waals surface area contributed by atoms with E-state index in [1.807, 2.05) is 40.7 Å². The number of cyclic esters (lactones) is 1. The van der Waals surface area contributed by atoms with E-state index in [-0.39, 0.29) is 36.1 Å². The van der Waals surface area contributed by atoms with Crippen molar-refractivity contribution in [1.29, 1.82) is 0 Å². The van der Waals surface area contributed by atoms with E-state index in [0.29, 0.717) is 19.3 Å². The predicted molar refractivity (Wildman–Crippen MR) is 111 cm³/mol. The van der Waals surface area contributed by atoms with Gasteiger partial charge in [-0.1, -0.05) is 58.8 Å². The van der Waals surface area contributed by atoms with E-state index < -0.39 is 24.1 Å². The minimum atomic E-state index is -0.986. The molecule has 0 amide bonds.